The van der Waals surface area contributed by atoms with Crippen LogP contribution in [0, 0.1) is 10.1 Å². The minimum atomic E-state index is -0.573. The molecule has 2 aliphatic heterocycles. The monoisotopic (exact) mass is 391 g/mol. The quantitative estimate of drug-likeness (QED) is 0.368. The molecule has 1 saturated heterocycles. The first-order valence-corrected chi connectivity index (χ1v) is 9.26. The highest BCUT2D eigenvalue weighted by molar-refractivity contribution is 7.81. The molecule has 0 aromatic heterocycles. The molecule has 0 aliphatic carbocycles. The number of carbonyl (C=O) groups is 2. The number of amides is 2. The van der Waals surface area contributed by atoms with Gasteiger partial charge >= 0.3 is 6.09 Å². The van der Waals surface area contributed by atoms with Gasteiger partial charge in [-0.15, -0.1) is 0 Å². The molecule has 3 rings (SSSR count). The van der Waals surface area contributed by atoms with E-state index in [-0.39, 0.29) is 23.5 Å². The van der Waals surface area contributed by atoms with E-state index >= 15 is 0 Å². The van der Waals surface area contributed by atoms with Crippen molar-refractivity contribution in [3.63, 3.8) is 0 Å². The topological polar surface area (TPSA) is 93.0 Å². The number of nitrogens with zero attached hydrogens (tertiary/aromatic N) is 3. The van der Waals surface area contributed by atoms with Crippen LogP contribution in [-0.2, 0) is 16.1 Å². The number of nitro benzene ring substituents is 1. The predicted molar refractivity (Wildman–Crippen MR) is 102 cm³/mol. The normalized spacial score (nSPS) is 22.0. The summed E-state index contributed by atoms with van der Waals surface area (Å²) in [5.74, 6) is -0.0804. The molecule has 0 saturated carbocycles. The number of ether oxygens (including phenoxy) is 1. The van der Waals surface area contributed by atoms with E-state index in [1.807, 2.05) is 12.2 Å². The average Bonchev–Trinajstić information content (AvgIpc) is 3.08. The molecule has 0 bridgehead atoms. The number of thiol groups is 1. The van der Waals surface area contributed by atoms with E-state index in [4.69, 9.17) is 4.74 Å². The largest absolute Gasteiger partial charge is 0.445 e. The molecule has 0 N–H and O–H groups in total. The van der Waals surface area contributed by atoms with E-state index in [2.05, 4.69) is 12.6 Å². The van der Waals surface area contributed by atoms with Gasteiger partial charge in [-0.25, -0.2) is 4.79 Å². The predicted octanol–water partition coefficient (Wildman–Crippen LogP) is 2.39. The molecule has 144 valence electrons. The lowest BCUT2D eigenvalue weighted by atomic mass is 10.1. The van der Waals surface area contributed by atoms with Crippen LogP contribution >= 0.6 is 12.6 Å². The van der Waals surface area contributed by atoms with Gasteiger partial charge in [-0.3, -0.25) is 19.8 Å². The van der Waals surface area contributed by atoms with E-state index in [1.165, 1.54) is 17.0 Å². The molecule has 2 amide bonds. The van der Waals surface area contributed by atoms with E-state index in [1.54, 1.807) is 17.0 Å². The third-order valence-corrected chi connectivity index (χ3v) is 5.05. The van der Waals surface area contributed by atoms with Crippen LogP contribution in [0.15, 0.2) is 36.4 Å². The van der Waals surface area contributed by atoms with Gasteiger partial charge in [0, 0.05) is 37.0 Å². The molecule has 27 heavy (non-hydrogen) atoms. The molecule has 1 aromatic carbocycles. The summed E-state index contributed by atoms with van der Waals surface area (Å²) in [6.45, 7) is 1.53. The molecule has 1 fully saturated rings. The van der Waals surface area contributed by atoms with Gasteiger partial charge in [-0.05, 0) is 30.5 Å². The fourth-order valence-electron chi connectivity index (χ4n) is 3.24. The molecule has 0 radical (unpaired) electrons. The number of nitro groups is 1. The maximum atomic E-state index is 12.8. The Morgan fingerprint density at radius 1 is 1.26 bits per heavy atom. The van der Waals surface area contributed by atoms with Crippen molar-refractivity contribution < 1.29 is 19.2 Å². The standard InChI is InChI=1S/C18H21N3O5S/c22-17(19-8-2-1-3-9-19)16-10-15(27)11-20(16)18(23)26-12-13-4-6-14(7-5-13)21(24)25/h1-2,4-7,15-16,27H,3,8-12H2/t15-,16-/m0/s1. The van der Waals surface area contributed by atoms with Crippen molar-refractivity contribution in [3.05, 3.63) is 52.1 Å². The van der Waals surface area contributed by atoms with Crippen molar-refractivity contribution in [1.82, 2.24) is 9.80 Å². The van der Waals surface area contributed by atoms with Gasteiger partial charge < -0.3 is 9.64 Å². The van der Waals surface area contributed by atoms with Crippen LogP contribution in [0.2, 0.25) is 0 Å². The first kappa shape index (κ1) is 19.2. The second kappa shape index (κ2) is 8.43. The summed E-state index contributed by atoms with van der Waals surface area (Å²) in [6, 6.07) is 5.24. The van der Waals surface area contributed by atoms with E-state index in [0.29, 0.717) is 31.6 Å². The number of non-ortho nitro benzene ring substituents is 1. The second-order valence-corrected chi connectivity index (χ2v) is 7.31. The number of benzene rings is 1. The highest BCUT2D eigenvalue weighted by Crippen LogP contribution is 2.25. The first-order chi connectivity index (χ1) is 13.0. The molecular weight excluding hydrogens is 370 g/mol. The molecule has 8 nitrogen and oxygen atoms in total. The van der Waals surface area contributed by atoms with Crippen LogP contribution in [-0.4, -0.2) is 57.6 Å². The van der Waals surface area contributed by atoms with Crippen LogP contribution in [0.5, 0.6) is 0 Å². The van der Waals surface area contributed by atoms with Gasteiger partial charge in [0.1, 0.15) is 12.6 Å². The zero-order valence-corrected chi connectivity index (χ0v) is 15.6. The SMILES string of the molecule is O=C([C@@H]1C[C@H](S)CN1C(=O)OCc1ccc([N+](=O)[O-])cc1)N1CC=CCC1. The number of likely N-dealkylation sites (tertiary alicyclic amines) is 1. The lowest BCUT2D eigenvalue weighted by Crippen LogP contribution is -2.48. The molecule has 0 spiro atoms. The van der Waals surface area contributed by atoms with Gasteiger partial charge in [-0.2, -0.15) is 12.6 Å². The Balaban J connectivity index is 1.60. The van der Waals surface area contributed by atoms with E-state index in [0.717, 1.165) is 6.42 Å². The van der Waals surface area contributed by atoms with Crippen molar-refractivity contribution in [2.45, 2.75) is 30.7 Å². The average molecular weight is 391 g/mol. The van der Waals surface area contributed by atoms with Gasteiger partial charge in [0.25, 0.3) is 5.69 Å². The number of carbonyl (C=O) groups excluding carboxylic acids is 2. The summed E-state index contributed by atoms with van der Waals surface area (Å²) in [6.07, 6.45) is 4.72. The molecule has 2 heterocycles. The Kier molecular flexibility index (Phi) is 6.00. The third kappa shape index (κ3) is 4.60. The lowest BCUT2D eigenvalue weighted by molar-refractivity contribution is -0.384. The molecule has 2 atom stereocenters. The zero-order valence-electron chi connectivity index (χ0n) is 14.7. The third-order valence-electron chi connectivity index (χ3n) is 4.68. The molecule has 2 aliphatic rings. The van der Waals surface area contributed by atoms with Crippen LogP contribution in [0.25, 0.3) is 0 Å². The Labute approximate surface area is 162 Å². The Hall–Kier alpha value is -2.55. The van der Waals surface area contributed by atoms with Crippen molar-refractivity contribution >= 4 is 30.3 Å². The summed E-state index contributed by atoms with van der Waals surface area (Å²) >= 11 is 4.43. The fourth-order valence-corrected chi connectivity index (χ4v) is 3.62. The Morgan fingerprint density at radius 2 is 2.00 bits per heavy atom. The van der Waals surface area contributed by atoms with Crippen LogP contribution in [0.3, 0.4) is 0 Å². The van der Waals surface area contributed by atoms with Crippen LogP contribution < -0.4 is 0 Å². The van der Waals surface area contributed by atoms with Crippen molar-refractivity contribution in [2.24, 2.45) is 0 Å². The van der Waals surface area contributed by atoms with Gasteiger partial charge in [0.05, 0.1) is 4.92 Å². The molecule has 0 unspecified atom stereocenters. The summed E-state index contributed by atoms with van der Waals surface area (Å²) in [5.41, 5.74) is 0.614. The maximum absolute atomic E-state index is 12.8. The summed E-state index contributed by atoms with van der Waals surface area (Å²) in [5, 5.41) is 10.6. The second-order valence-electron chi connectivity index (χ2n) is 6.58. The van der Waals surface area contributed by atoms with Crippen LogP contribution in [0.1, 0.15) is 18.4 Å². The summed E-state index contributed by atoms with van der Waals surface area (Å²) < 4.78 is 5.33. The highest BCUT2D eigenvalue weighted by Gasteiger charge is 2.41. The zero-order chi connectivity index (χ0) is 19.4. The number of hydrogen-bond donors (Lipinski definition) is 1. The Morgan fingerprint density at radius 3 is 2.63 bits per heavy atom. The molecular formula is C18H21N3O5S. The van der Waals surface area contributed by atoms with Crippen LogP contribution in [0.4, 0.5) is 10.5 Å². The van der Waals surface area contributed by atoms with Gasteiger partial charge in [-0.1, -0.05) is 12.2 Å². The van der Waals surface area contributed by atoms with E-state index < -0.39 is 17.1 Å². The highest BCUT2D eigenvalue weighted by atomic mass is 32.1. The minimum Gasteiger partial charge on any atom is -0.445 e. The molecule has 9 heteroatoms. The van der Waals surface area contributed by atoms with Crippen molar-refractivity contribution in [3.8, 4) is 0 Å². The smallest absolute Gasteiger partial charge is 0.410 e. The number of hydrogen-bond acceptors (Lipinski definition) is 6. The van der Waals surface area contributed by atoms with E-state index in [9.17, 15) is 19.7 Å². The minimum absolute atomic E-state index is 0.0159. The Bertz CT molecular complexity index is 752. The lowest BCUT2D eigenvalue weighted by Gasteiger charge is -2.30. The van der Waals surface area contributed by atoms with Crippen molar-refractivity contribution in [2.75, 3.05) is 19.6 Å². The molecule has 1 aromatic rings. The van der Waals surface area contributed by atoms with Gasteiger partial charge in [0.15, 0.2) is 0 Å². The van der Waals surface area contributed by atoms with Crippen molar-refractivity contribution in [1.29, 1.82) is 0 Å². The first-order valence-electron chi connectivity index (χ1n) is 8.74. The summed E-state index contributed by atoms with van der Waals surface area (Å²) in [7, 11) is 0. The van der Waals surface area contributed by atoms with Gasteiger partial charge in [0.2, 0.25) is 5.91 Å². The summed E-state index contributed by atoms with van der Waals surface area (Å²) in [4.78, 5) is 38.7. The maximum Gasteiger partial charge on any atom is 0.410 e. The fraction of sp³-hybridized carbons (Fsp3) is 0.444. The number of rotatable bonds is 4.